The molecular formula is C19H16FN3O4. The van der Waals surface area contributed by atoms with E-state index in [2.05, 4.69) is 0 Å². The topological polar surface area (TPSA) is 92.9 Å². The highest BCUT2D eigenvalue weighted by Crippen LogP contribution is 2.45. The molecule has 2 aromatic rings. The second-order valence-electron chi connectivity index (χ2n) is 6.44. The van der Waals surface area contributed by atoms with E-state index in [1.54, 1.807) is 30.3 Å². The van der Waals surface area contributed by atoms with Crippen LogP contribution >= 0.6 is 0 Å². The van der Waals surface area contributed by atoms with Crippen molar-refractivity contribution >= 4 is 23.4 Å². The van der Waals surface area contributed by atoms with Crippen molar-refractivity contribution in [2.45, 2.75) is 12.1 Å². The zero-order valence-corrected chi connectivity index (χ0v) is 14.1. The van der Waals surface area contributed by atoms with Gasteiger partial charge < -0.3 is 5.73 Å². The number of carbonyl (C=O) groups excluding carboxylic acids is 3. The lowest BCUT2D eigenvalue weighted by atomic mass is 9.91. The smallest absolute Gasteiger partial charge is 0.265 e. The summed E-state index contributed by atoms with van der Waals surface area (Å²) in [5, 5.41) is 1.24. The third-order valence-corrected chi connectivity index (χ3v) is 4.73. The van der Waals surface area contributed by atoms with Crippen LogP contribution in [0.15, 0.2) is 54.6 Å². The first kappa shape index (κ1) is 17.3. The van der Waals surface area contributed by atoms with E-state index in [0.717, 1.165) is 4.90 Å². The van der Waals surface area contributed by atoms with E-state index in [4.69, 9.17) is 10.6 Å². The van der Waals surface area contributed by atoms with Gasteiger partial charge in [0.2, 0.25) is 11.8 Å². The lowest BCUT2D eigenvalue weighted by Crippen LogP contribution is -2.40. The monoisotopic (exact) mass is 369 g/mol. The molecule has 0 aromatic heterocycles. The van der Waals surface area contributed by atoms with Gasteiger partial charge >= 0.3 is 0 Å². The first-order valence-electron chi connectivity index (χ1n) is 8.37. The fraction of sp³-hybridized carbons (Fsp3) is 0.211. The number of anilines is 1. The maximum absolute atomic E-state index is 13.3. The number of imide groups is 1. The Morgan fingerprint density at radius 3 is 2.33 bits per heavy atom. The van der Waals surface area contributed by atoms with Crippen LogP contribution in [-0.4, -0.2) is 35.4 Å². The molecule has 3 unspecified atom stereocenters. The van der Waals surface area contributed by atoms with Crippen molar-refractivity contribution in [1.29, 1.82) is 0 Å². The minimum absolute atomic E-state index is 0.291. The molecule has 3 atom stereocenters. The van der Waals surface area contributed by atoms with Crippen LogP contribution in [0.1, 0.15) is 11.6 Å². The van der Waals surface area contributed by atoms with E-state index >= 15 is 0 Å². The Balaban J connectivity index is 1.74. The standard InChI is InChI=1S/C19H16FN3O4/c20-12-8-6-11(7-9-12)16-15-17(27-22(16)10-14(21)24)19(26)23(18(15)25)13-4-2-1-3-5-13/h1-9,15-17H,10H2,(H2,21,24). The van der Waals surface area contributed by atoms with Gasteiger partial charge in [0.25, 0.3) is 5.91 Å². The lowest BCUT2D eigenvalue weighted by Gasteiger charge is -2.26. The Morgan fingerprint density at radius 2 is 1.70 bits per heavy atom. The first-order chi connectivity index (χ1) is 13.0. The average molecular weight is 369 g/mol. The van der Waals surface area contributed by atoms with E-state index in [-0.39, 0.29) is 6.54 Å². The first-order valence-corrected chi connectivity index (χ1v) is 8.37. The van der Waals surface area contributed by atoms with Gasteiger partial charge in [-0.2, -0.15) is 5.06 Å². The van der Waals surface area contributed by atoms with Crippen molar-refractivity contribution in [2.24, 2.45) is 11.7 Å². The molecule has 2 saturated heterocycles. The van der Waals surface area contributed by atoms with E-state index in [1.165, 1.54) is 29.3 Å². The van der Waals surface area contributed by atoms with E-state index in [0.29, 0.717) is 11.3 Å². The molecule has 27 heavy (non-hydrogen) atoms. The highest BCUT2D eigenvalue weighted by molar-refractivity contribution is 6.23. The van der Waals surface area contributed by atoms with Crippen LogP contribution in [0, 0.1) is 11.7 Å². The molecule has 7 nitrogen and oxygen atoms in total. The summed E-state index contributed by atoms with van der Waals surface area (Å²) in [6.45, 7) is -0.291. The van der Waals surface area contributed by atoms with Crippen LogP contribution in [0.5, 0.6) is 0 Å². The van der Waals surface area contributed by atoms with Gasteiger partial charge in [-0.05, 0) is 29.8 Å². The molecule has 2 N–H and O–H groups in total. The van der Waals surface area contributed by atoms with Gasteiger partial charge in [-0.3, -0.25) is 19.2 Å². The Labute approximate surface area is 154 Å². The van der Waals surface area contributed by atoms with Crippen molar-refractivity contribution in [3.63, 3.8) is 0 Å². The summed E-state index contributed by atoms with van der Waals surface area (Å²) in [4.78, 5) is 44.1. The molecule has 2 heterocycles. The van der Waals surface area contributed by atoms with Crippen molar-refractivity contribution in [2.75, 3.05) is 11.4 Å². The second-order valence-corrected chi connectivity index (χ2v) is 6.44. The summed E-state index contributed by atoms with van der Waals surface area (Å²) in [5.74, 6) is -2.90. The normalized spacial score (nSPS) is 25.1. The fourth-order valence-corrected chi connectivity index (χ4v) is 3.62. The Bertz CT molecular complexity index is 903. The number of nitrogens with two attached hydrogens (primary N) is 1. The molecule has 4 rings (SSSR count). The number of hydrogen-bond acceptors (Lipinski definition) is 5. The number of primary amides is 1. The van der Waals surface area contributed by atoms with Gasteiger partial charge in [0, 0.05) is 0 Å². The highest BCUT2D eigenvalue weighted by atomic mass is 19.1. The van der Waals surface area contributed by atoms with Crippen LogP contribution < -0.4 is 10.6 Å². The molecule has 0 spiro atoms. The third-order valence-electron chi connectivity index (χ3n) is 4.73. The van der Waals surface area contributed by atoms with Gasteiger partial charge in [0.05, 0.1) is 17.6 Å². The largest absolute Gasteiger partial charge is 0.368 e. The lowest BCUT2D eigenvalue weighted by molar-refractivity contribution is -0.175. The maximum atomic E-state index is 13.3. The van der Waals surface area contributed by atoms with Crippen LogP contribution in [0.25, 0.3) is 0 Å². The summed E-state index contributed by atoms with van der Waals surface area (Å²) in [7, 11) is 0. The number of rotatable bonds is 4. The molecule has 138 valence electrons. The number of para-hydroxylation sites is 1. The zero-order valence-electron chi connectivity index (χ0n) is 14.1. The van der Waals surface area contributed by atoms with Crippen molar-refractivity contribution in [3.8, 4) is 0 Å². The molecule has 0 bridgehead atoms. The predicted molar refractivity (Wildman–Crippen MR) is 92.3 cm³/mol. The predicted octanol–water partition coefficient (Wildman–Crippen LogP) is 1.16. The maximum Gasteiger partial charge on any atom is 0.265 e. The highest BCUT2D eigenvalue weighted by Gasteiger charge is 2.60. The molecule has 2 aromatic carbocycles. The van der Waals surface area contributed by atoms with Gasteiger partial charge in [-0.1, -0.05) is 30.3 Å². The quantitative estimate of drug-likeness (QED) is 0.817. The Hall–Kier alpha value is -3.10. The molecule has 2 fully saturated rings. The molecule has 0 saturated carbocycles. The number of fused-ring (bicyclic) bond motifs is 1. The molecule has 3 amide bonds. The molecule has 2 aliphatic rings. The minimum atomic E-state index is -1.06. The summed E-state index contributed by atoms with van der Waals surface area (Å²) in [5.41, 5.74) is 6.28. The average Bonchev–Trinajstić information content (AvgIpc) is 3.12. The Morgan fingerprint density at radius 1 is 1.04 bits per heavy atom. The van der Waals surface area contributed by atoms with E-state index in [1.807, 2.05) is 0 Å². The third kappa shape index (κ3) is 2.88. The van der Waals surface area contributed by atoms with Gasteiger partial charge in [0.1, 0.15) is 12.4 Å². The summed E-state index contributed by atoms with van der Waals surface area (Å²) < 4.78 is 13.3. The SMILES string of the molecule is NC(=O)CN1OC2C(=O)N(c3ccccc3)C(=O)C2C1c1ccc(F)cc1. The number of hydroxylamine groups is 2. The van der Waals surface area contributed by atoms with Crippen LogP contribution in [-0.2, 0) is 19.2 Å². The number of halogens is 1. The fourth-order valence-electron chi connectivity index (χ4n) is 3.62. The van der Waals surface area contributed by atoms with Crippen LogP contribution in [0.3, 0.4) is 0 Å². The molecule has 0 aliphatic carbocycles. The second kappa shape index (κ2) is 6.57. The summed E-state index contributed by atoms with van der Waals surface area (Å²) in [6.07, 6.45) is -1.06. The Kier molecular flexibility index (Phi) is 4.21. The van der Waals surface area contributed by atoms with Crippen molar-refractivity contribution < 1.29 is 23.6 Å². The summed E-state index contributed by atoms with van der Waals surface area (Å²) >= 11 is 0. The van der Waals surface area contributed by atoms with Crippen molar-refractivity contribution in [1.82, 2.24) is 5.06 Å². The number of amides is 3. The molecular weight excluding hydrogens is 353 g/mol. The summed E-state index contributed by atoms with van der Waals surface area (Å²) in [6, 6.07) is 13.3. The van der Waals surface area contributed by atoms with Crippen molar-refractivity contribution in [3.05, 3.63) is 66.0 Å². The minimum Gasteiger partial charge on any atom is -0.368 e. The number of benzene rings is 2. The van der Waals surface area contributed by atoms with Gasteiger partial charge in [0.15, 0.2) is 6.10 Å². The van der Waals surface area contributed by atoms with E-state index < -0.39 is 41.6 Å². The number of hydrogen-bond donors (Lipinski definition) is 1. The number of nitrogens with zero attached hydrogens (tertiary/aromatic N) is 2. The molecule has 8 heteroatoms. The van der Waals surface area contributed by atoms with Crippen LogP contribution in [0.2, 0.25) is 0 Å². The van der Waals surface area contributed by atoms with Crippen LogP contribution in [0.4, 0.5) is 10.1 Å². The van der Waals surface area contributed by atoms with E-state index in [9.17, 15) is 18.8 Å². The van der Waals surface area contributed by atoms with Gasteiger partial charge in [-0.25, -0.2) is 9.29 Å². The molecule has 2 aliphatic heterocycles. The number of carbonyl (C=O) groups is 3. The van der Waals surface area contributed by atoms with Gasteiger partial charge in [-0.15, -0.1) is 0 Å². The molecule has 0 radical (unpaired) electrons. The zero-order chi connectivity index (χ0) is 19.1.